The summed E-state index contributed by atoms with van der Waals surface area (Å²) in [7, 11) is 3.26. The Morgan fingerprint density at radius 1 is 1.29 bits per heavy atom. The minimum atomic E-state index is -0.0682. The highest BCUT2D eigenvalue weighted by atomic mass is 16.5. The molecule has 0 aliphatic rings. The number of carbonyl (C=O) groups excluding carboxylic acids is 1. The molecular formula is C13H19NO3. The molecule has 94 valence electrons. The van der Waals surface area contributed by atoms with Crippen LogP contribution in [0, 0.1) is 0 Å². The Balaban J connectivity index is 2.36. The van der Waals surface area contributed by atoms with Crippen molar-refractivity contribution in [3.8, 4) is 5.75 Å². The number of hydrogen-bond acceptors (Lipinski definition) is 3. The van der Waals surface area contributed by atoms with Crippen LogP contribution >= 0.6 is 0 Å². The van der Waals surface area contributed by atoms with E-state index in [9.17, 15) is 4.79 Å². The molecule has 4 nitrogen and oxygen atoms in total. The maximum absolute atomic E-state index is 11.7. The van der Waals surface area contributed by atoms with Crippen LogP contribution in [0.1, 0.15) is 23.2 Å². The zero-order valence-electron chi connectivity index (χ0n) is 10.4. The van der Waals surface area contributed by atoms with Crippen LogP contribution in [0.2, 0.25) is 0 Å². The van der Waals surface area contributed by atoms with E-state index in [2.05, 4.69) is 5.32 Å². The molecule has 0 fully saturated rings. The third kappa shape index (κ3) is 4.87. The molecule has 0 unspecified atom stereocenters. The van der Waals surface area contributed by atoms with Crippen LogP contribution < -0.4 is 10.1 Å². The van der Waals surface area contributed by atoms with Crippen LogP contribution in [0.15, 0.2) is 24.3 Å². The maximum atomic E-state index is 11.7. The van der Waals surface area contributed by atoms with Gasteiger partial charge in [0.15, 0.2) is 0 Å². The molecule has 0 aliphatic carbocycles. The lowest BCUT2D eigenvalue weighted by Crippen LogP contribution is -2.24. The van der Waals surface area contributed by atoms with E-state index in [-0.39, 0.29) is 5.91 Å². The second-order valence-corrected chi connectivity index (χ2v) is 3.69. The summed E-state index contributed by atoms with van der Waals surface area (Å²) in [6.45, 7) is 1.40. The van der Waals surface area contributed by atoms with E-state index in [0.29, 0.717) is 17.9 Å². The van der Waals surface area contributed by atoms with Crippen LogP contribution in [0.4, 0.5) is 0 Å². The first-order chi connectivity index (χ1) is 8.27. The van der Waals surface area contributed by atoms with Gasteiger partial charge in [-0.05, 0) is 31.0 Å². The highest BCUT2D eigenvalue weighted by Crippen LogP contribution is 2.12. The molecule has 0 radical (unpaired) electrons. The predicted molar refractivity (Wildman–Crippen MR) is 66.4 cm³/mol. The Morgan fingerprint density at radius 3 is 2.82 bits per heavy atom. The second-order valence-electron chi connectivity index (χ2n) is 3.69. The lowest BCUT2D eigenvalue weighted by molar-refractivity contribution is 0.0951. The van der Waals surface area contributed by atoms with E-state index < -0.39 is 0 Å². The van der Waals surface area contributed by atoms with Crippen LogP contribution in [-0.2, 0) is 4.74 Å². The lowest BCUT2D eigenvalue weighted by atomic mass is 10.2. The fourth-order valence-electron chi connectivity index (χ4n) is 1.44. The summed E-state index contributed by atoms with van der Waals surface area (Å²) < 4.78 is 10.0. The number of methoxy groups -OCH3 is 2. The van der Waals surface area contributed by atoms with Crippen LogP contribution in [0.3, 0.4) is 0 Å². The minimum Gasteiger partial charge on any atom is -0.497 e. The molecule has 1 aromatic carbocycles. The first kappa shape index (κ1) is 13.5. The monoisotopic (exact) mass is 237 g/mol. The van der Waals surface area contributed by atoms with E-state index in [1.54, 1.807) is 32.4 Å². The Morgan fingerprint density at radius 2 is 2.12 bits per heavy atom. The molecule has 4 heteroatoms. The molecule has 1 amide bonds. The van der Waals surface area contributed by atoms with Gasteiger partial charge in [-0.15, -0.1) is 0 Å². The van der Waals surface area contributed by atoms with Gasteiger partial charge in [-0.25, -0.2) is 0 Å². The van der Waals surface area contributed by atoms with Gasteiger partial charge in [-0.1, -0.05) is 6.07 Å². The van der Waals surface area contributed by atoms with Gasteiger partial charge in [0.25, 0.3) is 5.91 Å². The summed E-state index contributed by atoms with van der Waals surface area (Å²) in [5, 5.41) is 2.86. The molecule has 0 aliphatic heterocycles. The average Bonchev–Trinajstić information content (AvgIpc) is 2.38. The average molecular weight is 237 g/mol. The van der Waals surface area contributed by atoms with Crippen molar-refractivity contribution < 1.29 is 14.3 Å². The van der Waals surface area contributed by atoms with Crippen LogP contribution in [-0.4, -0.2) is 33.3 Å². The molecule has 0 atom stereocenters. The number of unbranched alkanes of at least 4 members (excludes halogenated alkanes) is 1. The second kappa shape index (κ2) is 7.68. The number of benzene rings is 1. The van der Waals surface area contributed by atoms with Gasteiger partial charge in [-0.3, -0.25) is 4.79 Å². The van der Waals surface area contributed by atoms with Crippen molar-refractivity contribution in [2.24, 2.45) is 0 Å². The third-order valence-corrected chi connectivity index (χ3v) is 2.39. The summed E-state index contributed by atoms with van der Waals surface area (Å²) in [6, 6.07) is 7.12. The zero-order chi connectivity index (χ0) is 12.5. The van der Waals surface area contributed by atoms with E-state index in [1.807, 2.05) is 6.07 Å². The van der Waals surface area contributed by atoms with E-state index in [4.69, 9.17) is 9.47 Å². The molecule has 0 spiro atoms. The first-order valence-electron chi connectivity index (χ1n) is 5.69. The predicted octanol–water partition coefficient (Wildman–Crippen LogP) is 1.85. The third-order valence-electron chi connectivity index (χ3n) is 2.39. The van der Waals surface area contributed by atoms with Crippen LogP contribution in [0.25, 0.3) is 0 Å². The van der Waals surface area contributed by atoms with E-state index in [0.717, 1.165) is 19.4 Å². The van der Waals surface area contributed by atoms with Gasteiger partial charge in [0.2, 0.25) is 0 Å². The van der Waals surface area contributed by atoms with Crippen molar-refractivity contribution in [2.45, 2.75) is 12.8 Å². The van der Waals surface area contributed by atoms with Gasteiger partial charge < -0.3 is 14.8 Å². The highest BCUT2D eigenvalue weighted by Gasteiger charge is 2.05. The number of rotatable bonds is 7. The fraction of sp³-hybridized carbons (Fsp3) is 0.462. The Labute approximate surface area is 102 Å². The normalized spacial score (nSPS) is 10.0. The summed E-state index contributed by atoms with van der Waals surface area (Å²) >= 11 is 0. The van der Waals surface area contributed by atoms with Gasteiger partial charge in [0, 0.05) is 25.8 Å². The van der Waals surface area contributed by atoms with Gasteiger partial charge in [-0.2, -0.15) is 0 Å². The van der Waals surface area contributed by atoms with Crippen molar-refractivity contribution in [3.05, 3.63) is 29.8 Å². The van der Waals surface area contributed by atoms with Gasteiger partial charge >= 0.3 is 0 Å². The van der Waals surface area contributed by atoms with Crippen LogP contribution in [0.5, 0.6) is 5.75 Å². The minimum absolute atomic E-state index is 0.0682. The molecule has 0 heterocycles. The van der Waals surface area contributed by atoms with Crippen molar-refractivity contribution in [3.63, 3.8) is 0 Å². The molecule has 0 saturated heterocycles. The van der Waals surface area contributed by atoms with Crippen molar-refractivity contribution in [1.29, 1.82) is 0 Å². The number of carbonyl (C=O) groups is 1. The SMILES string of the molecule is COCCCCNC(=O)c1cccc(OC)c1. The van der Waals surface area contributed by atoms with Gasteiger partial charge in [0.05, 0.1) is 7.11 Å². The zero-order valence-corrected chi connectivity index (χ0v) is 10.4. The molecular weight excluding hydrogens is 218 g/mol. The maximum Gasteiger partial charge on any atom is 0.251 e. The molecule has 0 saturated carbocycles. The number of amides is 1. The number of ether oxygens (including phenoxy) is 2. The quantitative estimate of drug-likeness (QED) is 0.736. The van der Waals surface area contributed by atoms with E-state index >= 15 is 0 Å². The highest BCUT2D eigenvalue weighted by molar-refractivity contribution is 5.94. The standard InChI is InChI=1S/C13H19NO3/c1-16-9-4-3-8-14-13(15)11-6-5-7-12(10-11)17-2/h5-7,10H,3-4,8-9H2,1-2H3,(H,14,15). The smallest absolute Gasteiger partial charge is 0.251 e. The van der Waals surface area contributed by atoms with Crippen molar-refractivity contribution in [2.75, 3.05) is 27.4 Å². The molecule has 1 aromatic rings. The fourth-order valence-corrected chi connectivity index (χ4v) is 1.44. The summed E-state index contributed by atoms with van der Waals surface area (Å²) in [6.07, 6.45) is 1.87. The molecule has 1 rings (SSSR count). The largest absolute Gasteiger partial charge is 0.497 e. The first-order valence-corrected chi connectivity index (χ1v) is 5.69. The summed E-state index contributed by atoms with van der Waals surface area (Å²) in [5.41, 5.74) is 0.621. The van der Waals surface area contributed by atoms with Gasteiger partial charge in [0.1, 0.15) is 5.75 Å². The Kier molecular flexibility index (Phi) is 6.10. The van der Waals surface area contributed by atoms with Crippen molar-refractivity contribution >= 4 is 5.91 Å². The Hall–Kier alpha value is -1.55. The topological polar surface area (TPSA) is 47.6 Å². The summed E-state index contributed by atoms with van der Waals surface area (Å²) in [4.78, 5) is 11.7. The molecule has 17 heavy (non-hydrogen) atoms. The lowest BCUT2D eigenvalue weighted by Gasteiger charge is -2.06. The Bertz CT molecular complexity index is 352. The molecule has 0 bridgehead atoms. The number of nitrogens with one attached hydrogen (secondary N) is 1. The number of hydrogen-bond donors (Lipinski definition) is 1. The van der Waals surface area contributed by atoms with Crippen molar-refractivity contribution in [1.82, 2.24) is 5.32 Å². The van der Waals surface area contributed by atoms with E-state index in [1.165, 1.54) is 0 Å². The summed E-state index contributed by atoms with van der Waals surface area (Å²) in [5.74, 6) is 0.623. The molecule has 1 N–H and O–H groups in total. The molecule has 0 aromatic heterocycles.